The molecule has 3 nitrogen and oxygen atoms in total. The van der Waals surface area contributed by atoms with Gasteiger partial charge < -0.3 is 10.2 Å². The van der Waals surface area contributed by atoms with E-state index in [1.807, 2.05) is 11.3 Å². The first-order valence-corrected chi connectivity index (χ1v) is 8.28. The van der Waals surface area contributed by atoms with Crippen LogP contribution in [0.15, 0.2) is 6.07 Å². The van der Waals surface area contributed by atoms with Gasteiger partial charge in [0.15, 0.2) is 0 Å². The summed E-state index contributed by atoms with van der Waals surface area (Å²) < 4.78 is 0. The summed E-state index contributed by atoms with van der Waals surface area (Å²) in [6.45, 7) is 15.9. The van der Waals surface area contributed by atoms with Crippen LogP contribution in [0, 0.1) is 6.92 Å². The van der Waals surface area contributed by atoms with Crippen LogP contribution in [0.3, 0.4) is 0 Å². The van der Waals surface area contributed by atoms with Crippen molar-refractivity contribution in [1.29, 1.82) is 0 Å². The molecule has 1 N–H and O–H groups in total. The van der Waals surface area contributed by atoms with Gasteiger partial charge in [0.25, 0.3) is 0 Å². The average molecular weight is 281 g/mol. The fourth-order valence-electron chi connectivity index (χ4n) is 2.58. The fraction of sp³-hybridized carbons (Fsp3) is 0.733. The molecular weight excluding hydrogens is 254 g/mol. The Bertz CT molecular complexity index is 381. The van der Waals surface area contributed by atoms with Gasteiger partial charge in [-0.15, -0.1) is 11.3 Å². The lowest BCUT2D eigenvalue weighted by molar-refractivity contribution is 0.132. The molecule has 19 heavy (non-hydrogen) atoms. The average Bonchev–Trinajstić information content (AvgIpc) is 2.78. The Balaban J connectivity index is 1.87. The van der Waals surface area contributed by atoms with E-state index in [1.54, 1.807) is 0 Å². The number of rotatable bonds is 6. The summed E-state index contributed by atoms with van der Waals surface area (Å²) in [5.41, 5.74) is 1.53. The third-order valence-corrected chi connectivity index (χ3v) is 5.02. The van der Waals surface area contributed by atoms with Crippen LogP contribution in [0.2, 0.25) is 0 Å². The first kappa shape index (κ1) is 15.0. The predicted molar refractivity (Wildman–Crippen MR) is 83.8 cm³/mol. The van der Waals surface area contributed by atoms with Crippen LogP contribution in [0.4, 0.5) is 0 Å². The van der Waals surface area contributed by atoms with Crippen LogP contribution in [-0.4, -0.2) is 49.1 Å². The van der Waals surface area contributed by atoms with E-state index in [0.717, 1.165) is 19.6 Å². The molecule has 1 saturated heterocycles. The van der Waals surface area contributed by atoms with Crippen molar-refractivity contribution in [1.82, 2.24) is 15.1 Å². The highest BCUT2D eigenvalue weighted by Gasteiger charge is 2.17. The summed E-state index contributed by atoms with van der Waals surface area (Å²) in [7, 11) is 0. The van der Waals surface area contributed by atoms with E-state index in [9.17, 15) is 0 Å². The maximum atomic E-state index is 3.41. The zero-order valence-electron chi connectivity index (χ0n) is 12.5. The van der Waals surface area contributed by atoms with Gasteiger partial charge in [-0.3, -0.25) is 4.90 Å². The van der Waals surface area contributed by atoms with Crippen molar-refractivity contribution in [2.24, 2.45) is 0 Å². The number of thiophene rings is 1. The normalized spacial score (nSPS) is 18.1. The molecule has 0 aliphatic carbocycles. The van der Waals surface area contributed by atoms with E-state index >= 15 is 0 Å². The van der Waals surface area contributed by atoms with Crippen LogP contribution in [0.5, 0.6) is 0 Å². The lowest BCUT2D eigenvalue weighted by atomic mass is 10.2. The zero-order chi connectivity index (χ0) is 13.7. The van der Waals surface area contributed by atoms with E-state index < -0.39 is 0 Å². The van der Waals surface area contributed by atoms with Crippen LogP contribution in [-0.2, 0) is 13.1 Å². The Labute approximate surface area is 121 Å². The van der Waals surface area contributed by atoms with Gasteiger partial charge in [0.2, 0.25) is 0 Å². The predicted octanol–water partition coefficient (Wildman–Crippen LogP) is 2.30. The topological polar surface area (TPSA) is 18.5 Å². The first-order valence-electron chi connectivity index (χ1n) is 7.46. The van der Waals surface area contributed by atoms with Gasteiger partial charge in [0.05, 0.1) is 0 Å². The molecule has 1 aliphatic heterocycles. The highest BCUT2D eigenvalue weighted by atomic mass is 32.1. The third-order valence-electron chi connectivity index (χ3n) is 3.93. The Hall–Kier alpha value is -0.420. The largest absolute Gasteiger partial charge is 0.312 e. The molecule has 4 heteroatoms. The number of piperazine rings is 1. The summed E-state index contributed by atoms with van der Waals surface area (Å²) in [5.74, 6) is 0. The third kappa shape index (κ3) is 4.28. The maximum absolute atomic E-state index is 3.41. The molecule has 0 aromatic carbocycles. The summed E-state index contributed by atoms with van der Waals surface area (Å²) >= 11 is 1.95. The van der Waals surface area contributed by atoms with E-state index in [4.69, 9.17) is 0 Å². The molecule has 1 aromatic heterocycles. The van der Waals surface area contributed by atoms with Gasteiger partial charge in [-0.2, -0.15) is 0 Å². The molecule has 108 valence electrons. The maximum Gasteiger partial charge on any atom is 0.0299 e. The number of likely N-dealkylation sites (N-methyl/N-ethyl adjacent to an activating group) is 1. The molecule has 2 rings (SSSR count). The van der Waals surface area contributed by atoms with Crippen molar-refractivity contribution in [3.05, 3.63) is 21.4 Å². The molecule has 1 fully saturated rings. The number of hydrogen-bond acceptors (Lipinski definition) is 4. The van der Waals surface area contributed by atoms with Gasteiger partial charge in [-0.25, -0.2) is 0 Å². The number of aryl methyl sites for hydroxylation is 1. The minimum atomic E-state index is 1.02. The Morgan fingerprint density at radius 1 is 1.16 bits per heavy atom. The quantitative estimate of drug-likeness (QED) is 0.863. The van der Waals surface area contributed by atoms with E-state index in [-0.39, 0.29) is 0 Å². The van der Waals surface area contributed by atoms with Crippen LogP contribution in [0.25, 0.3) is 0 Å². The monoisotopic (exact) mass is 281 g/mol. The molecule has 0 unspecified atom stereocenters. The second kappa shape index (κ2) is 7.39. The molecule has 0 bridgehead atoms. The molecule has 0 saturated carbocycles. The van der Waals surface area contributed by atoms with Gasteiger partial charge >= 0.3 is 0 Å². The minimum absolute atomic E-state index is 1.02. The molecule has 0 radical (unpaired) electrons. The summed E-state index contributed by atoms with van der Waals surface area (Å²) in [6, 6.07) is 2.40. The van der Waals surface area contributed by atoms with Crippen molar-refractivity contribution in [3.63, 3.8) is 0 Å². The second-order valence-corrected chi connectivity index (χ2v) is 6.63. The smallest absolute Gasteiger partial charge is 0.0299 e. The lowest BCUT2D eigenvalue weighted by Gasteiger charge is -2.33. The first-order chi connectivity index (χ1) is 9.22. The summed E-state index contributed by atoms with van der Waals surface area (Å²) in [5, 5.41) is 3.41. The number of nitrogens with zero attached hydrogens (tertiary/aromatic N) is 2. The van der Waals surface area contributed by atoms with Crippen molar-refractivity contribution >= 4 is 11.3 Å². The van der Waals surface area contributed by atoms with Crippen molar-refractivity contribution in [3.8, 4) is 0 Å². The van der Waals surface area contributed by atoms with Gasteiger partial charge in [0.1, 0.15) is 0 Å². The van der Waals surface area contributed by atoms with Gasteiger partial charge in [0, 0.05) is 49.0 Å². The highest BCUT2D eigenvalue weighted by Crippen LogP contribution is 2.23. The lowest BCUT2D eigenvalue weighted by Crippen LogP contribution is -2.45. The van der Waals surface area contributed by atoms with Gasteiger partial charge in [-0.1, -0.05) is 13.8 Å². The second-order valence-electron chi connectivity index (χ2n) is 5.28. The Kier molecular flexibility index (Phi) is 5.82. The molecular formula is C15H27N3S. The molecule has 1 aromatic rings. The summed E-state index contributed by atoms with van der Waals surface area (Å²) in [4.78, 5) is 8.10. The van der Waals surface area contributed by atoms with E-state index in [1.165, 1.54) is 48.0 Å². The zero-order valence-corrected chi connectivity index (χ0v) is 13.4. The number of nitrogens with one attached hydrogen (secondary N) is 1. The van der Waals surface area contributed by atoms with Crippen LogP contribution >= 0.6 is 11.3 Å². The minimum Gasteiger partial charge on any atom is -0.312 e. The summed E-state index contributed by atoms with van der Waals surface area (Å²) in [6.07, 6.45) is 0. The van der Waals surface area contributed by atoms with Crippen LogP contribution in [0.1, 0.15) is 29.2 Å². The standard InChI is InChI=1S/C15H27N3S/c1-4-16-11-15-10-14(13(3)19-15)12-18-8-6-17(5-2)7-9-18/h10,16H,4-9,11-12H2,1-3H3. The molecule has 2 heterocycles. The molecule has 0 amide bonds. The Morgan fingerprint density at radius 3 is 2.47 bits per heavy atom. The fourth-order valence-corrected chi connectivity index (χ4v) is 3.61. The van der Waals surface area contributed by atoms with Crippen molar-refractivity contribution in [2.45, 2.75) is 33.9 Å². The number of hydrogen-bond donors (Lipinski definition) is 1. The van der Waals surface area contributed by atoms with E-state index in [0.29, 0.717) is 0 Å². The molecule has 0 spiro atoms. The van der Waals surface area contributed by atoms with Crippen LogP contribution < -0.4 is 5.32 Å². The Morgan fingerprint density at radius 2 is 1.84 bits per heavy atom. The van der Waals surface area contributed by atoms with Crippen molar-refractivity contribution < 1.29 is 0 Å². The van der Waals surface area contributed by atoms with E-state index in [2.05, 4.69) is 42.0 Å². The highest BCUT2D eigenvalue weighted by molar-refractivity contribution is 7.12. The molecule has 1 aliphatic rings. The SMILES string of the molecule is CCNCc1cc(CN2CCN(CC)CC2)c(C)s1. The van der Waals surface area contributed by atoms with Gasteiger partial charge in [-0.05, 0) is 31.6 Å². The molecule has 0 atom stereocenters. The van der Waals surface area contributed by atoms with Crippen molar-refractivity contribution in [2.75, 3.05) is 39.3 Å².